The van der Waals surface area contributed by atoms with Crippen molar-refractivity contribution in [1.82, 2.24) is 0 Å². The van der Waals surface area contributed by atoms with E-state index in [9.17, 15) is 0 Å². The van der Waals surface area contributed by atoms with Crippen LogP contribution in [0.2, 0.25) is 0 Å². The normalized spacial score (nSPS) is 11.0. The quantitative estimate of drug-likeness (QED) is 0.105. The van der Waals surface area contributed by atoms with Crippen molar-refractivity contribution in [1.29, 1.82) is 0 Å². The van der Waals surface area contributed by atoms with Gasteiger partial charge in [-0.25, -0.2) is 0 Å². The molecule has 0 radical (unpaired) electrons. The first-order valence-electron chi connectivity index (χ1n) is 18.6. The number of hydrogen-bond acceptors (Lipinski definition) is 0. The minimum atomic E-state index is 0. The maximum Gasteiger partial charge on any atom is 4.00 e. The fourth-order valence-electron chi connectivity index (χ4n) is 6.45. The maximum absolute atomic E-state index is 3.38. The number of fused-ring (bicyclic) bond motifs is 2. The molecule has 0 aliphatic carbocycles. The van der Waals surface area contributed by atoms with Gasteiger partial charge in [-0.3, -0.25) is 0 Å². The molecule has 0 bridgehead atoms. The van der Waals surface area contributed by atoms with Crippen molar-refractivity contribution in [2.24, 2.45) is 0 Å². The van der Waals surface area contributed by atoms with Gasteiger partial charge in [-0.2, -0.15) is 12.1 Å². The van der Waals surface area contributed by atoms with Crippen molar-refractivity contribution in [2.75, 3.05) is 0 Å². The molecule has 0 heterocycles. The van der Waals surface area contributed by atoms with Gasteiger partial charge in [0, 0.05) is 0 Å². The summed E-state index contributed by atoms with van der Waals surface area (Å²) in [6.45, 7) is 24.8. The van der Waals surface area contributed by atoms with Gasteiger partial charge in [0.05, 0.1) is 0 Å². The number of hydrogen-bond donors (Lipinski definition) is 0. The van der Waals surface area contributed by atoms with E-state index in [2.05, 4.69) is 178 Å². The van der Waals surface area contributed by atoms with Crippen LogP contribution in [0.15, 0.2) is 109 Å². The first-order chi connectivity index (χ1) is 23.4. The minimum Gasteiger partial charge on any atom is -0.372 e. The van der Waals surface area contributed by atoms with Gasteiger partial charge in [0.1, 0.15) is 0 Å². The SMILES string of the molecule is CCCCc1cc2c(-c3ccc(C(C)(C)C)cc3)cccc2[cH-]1.CCCCc1cc2c(-c3ccc(C(C)(C)C)cc3)cccc2[cH-]1.Cl.Cl.[CH2-]C[CH2-].[Hf+4]. The topological polar surface area (TPSA) is 0 Å². The Morgan fingerprint density at radius 3 is 1.13 bits per heavy atom. The molecule has 0 fully saturated rings. The van der Waals surface area contributed by atoms with Gasteiger partial charge in [-0.05, 0) is 45.9 Å². The second-order valence-electron chi connectivity index (χ2n) is 15.6. The van der Waals surface area contributed by atoms with E-state index in [1.54, 1.807) is 0 Å². The van der Waals surface area contributed by atoms with Crippen LogP contribution in [0, 0.1) is 13.8 Å². The van der Waals surface area contributed by atoms with Gasteiger partial charge in [0.2, 0.25) is 0 Å². The summed E-state index contributed by atoms with van der Waals surface area (Å²) < 4.78 is 0. The zero-order chi connectivity index (χ0) is 35.6. The predicted octanol–water partition coefficient (Wildman–Crippen LogP) is 15.6. The minimum absolute atomic E-state index is 0. The van der Waals surface area contributed by atoms with E-state index in [1.807, 2.05) is 0 Å². The summed E-state index contributed by atoms with van der Waals surface area (Å²) in [6.07, 6.45) is 8.17. The van der Waals surface area contributed by atoms with Crippen LogP contribution in [-0.2, 0) is 49.5 Å². The molecule has 0 aromatic heterocycles. The fourth-order valence-corrected chi connectivity index (χ4v) is 6.45. The molecule has 0 saturated heterocycles. The van der Waals surface area contributed by atoms with E-state index in [1.165, 1.54) is 105 Å². The van der Waals surface area contributed by atoms with Crippen LogP contribution in [0.1, 0.15) is 110 Å². The van der Waals surface area contributed by atoms with E-state index in [0.29, 0.717) is 0 Å². The summed E-state index contributed by atoms with van der Waals surface area (Å²) in [5, 5.41) is 5.52. The van der Waals surface area contributed by atoms with Gasteiger partial charge in [0.15, 0.2) is 0 Å². The Bertz CT molecular complexity index is 1730. The molecule has 0 N–H and O–H groups in total. The summed E-state index contributed by atoms with van der Waals surface area (Å²) in [5.41, 5.74) is 11.5. The van der Waals surface area contributed by atoms with Gasteiger partial charge in [-0.15, -0.1) is 93.9 Å². The number of aryl methyl sites for hydroxylation is 2. The summed E-state index contributed by atoms with van der Waals surface area (Å²) >= 11 is 0. The van der Waals surface area contributed by atoms with Crippen LogP contribution in [0.3, 0.4) is 0 Å². The third-order valence-corrected chi connectivity index (χ3v) is 9.38. The Hall–Kier alpha value is -2.45. The van der Waals surface area contributed by atoms with Crippen molar-refractivity contribution >= 4 is 46.4 Å². The summed E-state index contributed by atoms with van der Waals surface area (Å²) in [7, 11) is 0. The molecule has 6 aromatic carbocycles. The molecule has 0 amide bonds. The average Bonchev–Trinajstić information content (AvgIpc) is 3.70. The average molecular weight is 900 g/mol. The van der Waals surface area contributed by atoms with E-state index in [-0.39, 0.29) is 61.5 Å². The van der Waals surface area contributed by atoms with Crippen molar-refractivity contribution in [3.63, 3.8) is 0 Å². The van der Waals surface area contributed by atoms with Gasteiger partial charge in [0.25, 0.3) is 0 Å². The second-order valence-corrected chi connectivity index (χ2v) is 15.6. The molecule has 0 aliphatic heterocycles. The van der Waals surface area contributed by atoms with Crippen LogP contribution in [-0.4, -0.2) is 0 Å². The predicted molar refractivity (Wildman–Crippen MR) is 234 cm³/mol. The third-order valence-electron chi connectivity index (χ3n) is 9.38. The van der Waals surface area contributed by atoms with E-state index in [0.717, 1.165) is 6.42 Å². The van der Waals surface area contributed by atoms with Gasteiger partial charge in [-0.1, -0.05) is 153 Å². The zero-order valence-corrected chi connectivity index (χ0v) is 38.3. The van der Waals surface area contributed by atoms with Crippen molar-refractivity contribution < 1.29 is 25.8 Å². The number of halogens is 2. The number of benzene rings is 4. The van der Waals surface area contributed by atoms with Crippen LogP contribution in [0.25, 0.3) is 43.8 Å². The first-order valence-corrected chi connectivity index (χ1v) is 18.6. The first kappa shape index (κ1) is 47.6. The smallest absolute Gasteiger partial charge is 0.372 e. The fraction of sp³-hybridized carbons (Fsp3) is 0.347. The second kappa shape index (κ2) is 22.1. The maximum atomic E-state index is 3.38. The molecule has 0 unspecified atom stereocenters. The van der Waals surface area contributed by atoms with E-state index in [4.69, 9.17) is 0 Å². The van der Waals surface area contributed by atoms with Crippen molar-refractivity contribution in [2.45, 2.75) is 111 Å². The molecule has 6 aromatic rings. The zero-order valence-electron chi connectivity index (χ0n) is 33.1. The molecule has 6 rings (SSSR count). The molecule has 276 valence electrons. The van der Waals surface area contributed by atoms with Crippen LogP contribution in [0.4, 0.5) is 0 Å². The largest absolute Gasteiger partial charge is 4.00 e. The van der Waals surface area contributed by atoms with Crippen molar-refractivity contribution in [3.8, 4) is 22.3 Å². The Labute approximate surface area is 348 Å². The Morgan fingerprint density at radius 2 is 0.846 bits per heavy atom. The van der Waals surface area contributed by atoms with E-state index >= 15 is 0 Å². The third kappa shape index (κ3) is 12.8. The molecule has 0 atom stereocenters. The molecular formula is C49H62Cl2Hf. The van der Waals surface area contributed by atoms with Gasteiger partial charge < -0.3 is 20.3 Å². The summed E-state index contributed by atoms with van der Waals surface area (Å²) in [5.74, 6) is 0. The Balaban J connectivity index is 0.000000459. The Morgan fingerprint density at radius 1 is 0.519 bits per heavy atom. The van der Waals surface area contributed by atoms with Crippen LogP contribution in [0.5, 0.6) is 0 Å². The van der Waals surface area contributed by atoms with E-state index < -0.39 is 0 Å². The Kier molecular flexibility index (Phi) is 20.2. The standard InChI is InChI=1S/2C23H27.C3H6.2ClH.Hf/c2*1-5-6-8-17-15-19-9-7-10-21(22(19)16-17)18-11-13-20(14-12-18)23(2,3)4;1-3-2;;;/h2*7,9-16H,5-6,8H2,1-4H3;1-3H2;2*1H;/q2*-1;-2;;;+4. The molecule has 52 heavy (non-hydrogen) atoms. The molecule has 0 nitrogen and oxygen atoms in total. The van der Waals surface area contributed by atoms with Crippen LogP contribution >= 0.6 is 24.8 Å². The molecular weight excluding hydrogens is 838 g/mol. The van der Waals surface area contributed by atoms with Crippen LogP contribution < -0.4 is 0 Å². The molecule has 3 heteroatoms. The number of rotatable bonds is 8. The molecule has 0 aliphatic rings. The molecule has 0 spiro atoms. The number of unbranched alkanes of at least 4 members (excludes halogenated alkanes) is 2. The monoisotopic (exact) mass is 900 g/mol. The molecule has 0 saturated carbocycles. The van der Waals surface area contributed by atoms with Crippen molar-refractivity contribution in [3.05, 3.63) is 145 Å². The van der Waals surface area contributed by atoms with Gasteiger partial charge >= 0.3 is 25.8 Å². The summed E-state index contributed by atoms with van der Waals surface area (Å²) in [4.78, 5) is 0. The summed E-state index contributed by atoms with van der Waals surface area (Å²) in [6, 6.07) is 41.0.